The molecule has 2 aliphatic carbocycles. The minimum absolute atomic E-state index is 0.0635. The first kappa shape index (κ1) is 14.3. The van der Waals surface area contributed by atoms with Crippen LogP contribution in [0.2, 0.25) is 0 Å². The van der Waals surface area contributed by atoms with Gasteiger partial charge in [-0.2, -0.15) is 5.26 Å². The number of nitrogens with two attached hydrogens (primary N) is 1. The van der Waals surface area contributed by atoms with E-state index in [0.717, 1.165) is 31.7 Å². The van der Waals surface area contributed by atoms with Crippen molar-refractivity contribution in [1.82, 2.24) is 5.32 Å². The highest BCUT2D eigenvalue weighted by molar-refractivity contribution is 5.78. The van der Waals surface area contributed by atoms with Gasteiger partial charge >= 0.3 is 0 Å². The summed E-state index contributed by atoms with van der Waals surface area (Å²) < 4.78 is 0. The van der Waals surface area contributed by atoms with E-state index in [2.05, 4.69) is 11.4 Å². The normalized spacial score (nSPS) is 31.9. The smallest absolute Gasteiger partial charge is 0.223 e. The molecule has 0 radical (unpaired) electrons. The zero-order valence-corrected chi connectivity index (χ0v) is 11.7. The van der Waals surface area contributed by atoms with Crippen LogP contribution in [-0.2, 0) is 4.79 Å². The minimum Gasteiger partial charge on any atom is -0.356 e. The van der Waals surface area contributed by atoms with Crippen LogP contribution in [0, 0.1) is 23.2 Å². The number of hydrogen-bond acceptors (Lipinski definition) is 3. The fraction of sp³-hybridized carbons (Fsp3) is 0.867. The fourth-order valence-corrected chi connectivity index (χ4v) is 3.35. The van der Waals surface area contributed by atoms with Gasteiger partial charge in [0.1, 0.15) is 5.54 Å². The molecule has 0 bridgehead atoms. The third kappa shape index (κ3) is 3.94. The molecule has 3 N–H and O–H groups in total. The monoisotopic (exact) mass is 263 g/mol. The Balaban J connectivity index is 1.65. The third-order valence-electron chi connectivity index (χ3n) is 4.80. The van der Waals surface area contributed by atoms with Crippen molar-refractivity contribution in [2.45, 2.75) is 63.3 Å². The SMILES string of the molecule is N#CC1(N)CCC(C(=O)NCCC2CCCC2)CC1. The maximum absolute atomic E-state index is 12.0. The molecule has 0 saturated heterocycles. The molecule has 0 aromatic carbocycles. The molecular weight excluding hydrogens is 238 g/mol. The number of nitrogens with zero attached hydrogens (tertiary/aromatic N) is 1. The molecule has 2 saturated carbocycles. The molecule has 1 amide bonds. The summed E-state index contributed by atoms with van der Waals surface area (Å²) in [5.74, 6) is 1.05. The molecule has 2 rings (SSSR count). The van der Waals surface area contributed by atoms with E-state index < -0.39 is 5.54 Å². The molecule has 0 unspecified atom stereocenters. The van der Waals surface area contributed by atoms with Gasteiger partial charge in [0.05, 0.1) is 6.07 Å². The molecule has 0 atom stereocenters. The lowest BCUT2D eigenvalue weighted by Crippen LogP contribution is -2.44. The van der Waals surface area contributed by atoms with Gasteiger partial charge in [-0.05, 0) is 38.0 Å². The molecule has 19 heavy (non-hydrogen) atoms. The lowest BCUT2D eigenvalue weighted by molar-refractivity contribution is -0.126. The Morgan fingerprint density at radius 1 is 1.26 bits per heavy atom. The first-order chi connectivity index (χ1) is 9.13. The van der Waals surface area contributed by atoms with Crippen molar-refractivity contribution < 1.29 is 4.79 Å². The molecule has 106 valence electrons. The zero-order valence-electron chi connectivity index (χ0n) is 11.7. The van der Waals surface area contributed by atoms with Crippen molar-refractivity contribution >= 4 is 5.91 Å². The van der Waals surface area contributed by atoms with Gasteiger partial charge in [-0.15, -0.1) is 0 Å². The third-order valence-corrected chi connectivity index (χ3v) is 4.80. The number of nitriles is 1. The topological polar surface area (TPSA) is 78.9 Å². The molecule has 0 aromatic rings. The number of amides is 1. The number of hydrogen-bond donors (Lipinski definition) is 2. The Bertz CT molecular complexity index is 347. The number of rotatable bonds is 4. The van der Waals surface area contributed by atoms with Crippen LogP contribution in [0.25, 0.3) is 0 Å². The van der Waals surface area contributed by atoms with Crippen LogP contribution in [0.5, 0.6) is 0 Å². The van der Waals surface area contributed by atoms with E-state index in [1.165, 1.54) is 25.7 Å². The number of carbonyl (C=O) groups excluding carboxylic acids is 1. The van der Waals surface area contributed by atoms with Crippen LogP contribution in [-0.4, -0.2) is 18.0 Å². The summed E-state index contributed by atoms with van der Waals surface area (Å²) in [5.41, 5.74) is 5.22. The highest BCUT2D eigenvalue weighted by Gasteiger charge is 2.34. The van der Waals surface area contributed by atoms with E-state index in [-0.39, 0.29) is 11.8 Å². The lowest BCUT2D eigenvalue weighted by atomic mass is 9.77. The summed E-state index contributed by atoms with van der Waals surface area (Å²) in [4.78, 5) is 12.0. The summed E-state index contributed by atoms with van der Waals surface area (Å²) in [7, 11) is 0. The molecule has 4 heteroatoms. The molecule has 2 fully saturated rings. The van der Waals surface area contributed by atoms with Crippen LogP contribution in [0.3, 0.4) is 0 Å². The van der Waals surface area contributed by atoms with E-state index in [0.29, 0.717) is 12.8 Å². The summed E-state index contributed by atoms with van der Waals surface area (Å²) in [6, 6.07) is 2.17. The standard InChI is InChI=1S/C15H25N3O/c16-11-15(17)8-5-13(6-9-15)14(19)18-10-7-12-3-1-2-4-12/h12-13H,1-10,17H2,(H,18,19). The highest BCUT2D eigenvalue weighted by atomic mass is 16.1. The molecule has 0 aromatic heterocycles. The molecule has 0 aliphatic heterocycles. The van der Waals surface area contributed by atoms with Gasteiger partial charge in [0, 0.05) is 12.5 Å². The first-order valence-corrected chi connectivity index (χ1v) is 7.61. The Morgan fingerprint density at radius 3 is 2.47 bits per heavy atom. The second-order valence-electron chi connectivity index (χ2n) is 6.27. The summed E-state index contributed by atoms with van der Waals surface area (Å²) in [6.07, 6.45) is 9.28. The van der Waals surface area contributed by atoms with Gasteiger partial charge in [-0.3, -0.25) is 4.79 Å². The van der Waals surface area contributed by atoms with Crippen molar-refractivity contribution in [3.8, 4) is 6.07 Å². The van der Waals surface area contributed by atoms with E-state index in [1.54, 1.807) is 0 Å². The van der Waals surface area contributed by atoms with E-state index >= 15 is 0 Å². The van der Waals surface area contributed by atoms with Crippen molar-refractivity contribution in [3.05, 3.63) is 0 Å². The Morgan fingerprint density at radius 2 is 1.89 bits per heavy atom. The predicted octanol–water partition coefficient (Wildman–Crippen LogP) is 2.09. The van der Waals surface area contributed by atoms with Gasteiger partial charge in [0.15, 0.2) is 0 Å². The average Bonchev–Trinajstić information content (AvgIpc) is 2.92. The highest BCUT2D eigenvalue weighted by Crippen LogP contribution is 2.30. The van der Waals surface area contributed by atoms with Gasteiger partial charge < -0.3 is 11.1 Å². The van der Waals surface area contributed by atoms with Crippen molar-refractivity contribution in [3.63, 3.8) is 0 Å². The second-order valence-corrected chi connectivity index (χ2v) is 6.27. The Hall–Kier alpha value is -1.08. The molecule has 0 heterocycles. The Labute approximate surface area is 115 Å². The molecule has 4 nitrogen and oxygen atoms in total. The van der Waals surface area contributed by atoms with Gasteiger partial charge in [0.25, 0.3) is 0 Å². The summed E-state index contributed by atoms with van der Waals surface area (Å²) in [5, 5.41) is 12.0. The van der Waals surface area contributed by atoms with Gasteiger partial charge in [-0.1, -0.05) is 25.7 Å². The summed E-state index contributed by atoms with van der Waals surface area (Å²) >= 11 is 0. The summed E-state index contributed by atoms with van der Waals surface area (Å²) in [6.45, 7) is 0.812. The largest absolute Gasteiger partial charge is 0.356 e. The number of nitrogens with one attached hydrogen (secondary N) is 1. The Kier molecular flexibility index (Phi) is 4.81. The molecular formula is C15H25N3O. The van der Waals surface area contributed by atoms with Crippen LogP contribution < -0.4 is 11.1 Å². The van der Waals surface area contributed by atoms with Gasteiger partial charge in [0.2, 0.25) is 5.91 Å². The van der Waals surface area contributed by atoms with Crippen molar-refractivity contribution in [2.24, 2.45) is 17.6 Å². The predicted molar refractivity (Wildman–Crippen MR) is 74.1 cm³/mol. The van der Waals surface area contributed by atoms with Crippen LogP contribution in [0.15, 0.2) is 0 Å². The molecule has 0 spiro atoms. The van der Waals surface area contributed by atoms with Crippen LogP contribution >= 0.6 is 0 Å². The van der Waals surface area contributed by atoms with E-state index in [4.69, 9.17) is 11.0 Å². The van der Waals surface area contributed by atoms with Crippen LogP contribution in [0.4, 0.5) is 0 Å². The fourth-order valence-electron chi connectivity index (χ4n) is 3.35. The molecule has 2 aliphatic rings. The zero-order chi connectivity index (χ0) is 13.7. The van der Waals surface area contributed by atoms with E-state index in [9.17, 15) is 4.79 Å². The van der Waals surface area contributed by atoms with Gasteiger partial charge in [-0.25, -0.2) is 0 Å². The van der Waals surface area contributed by atoms with E-state index in [1.807, 2.05) is 0 Å². The minimum atomic E-state index is -0.694. The quantitative estimate of drug-likeness (QED) is 0.815. The average molecular weight is 263 g/mol. The first-order valence-electron chi connectivity index (χ1n) is 7.61. The van der Waals surface area contributed by atoms with Crippen molar-refractivity contribution in [2.75, 3.05) is 6.54 Å². The maximum Gasteiger partial charge on any atom is 0.223 e. The lowest BCUT2D eigenvalue weighted by Gasteiger charge is -2.31. The van der Waals surface area contributed by atoms with Crippen molar-refractivity contribution in [1.29, 1.82) is 5.26 Å². The van der Waals surface area contributed by atoms with Crippen LogP contribution in [0.1, 0.15) is 57.8 Å². The maximum atomic E-state index is 12.0. The second kappa shape index (κ2) is 6.38. The number of carbonyl (C=O) groups is 1.